The van der Waals surface area contributed by atoms with E-state index in [4.69, 9.17) is 4.98 Å². The van der Waals surface area contributed by atoms with Crippen LogP contribution in [-0.4, -0.2) is 67.2 Å². The minimum atomic E-state index is -0.338. The molecule has 0 unspecified atom stereocenters. The van der Waals surface area contributed by atoms with Crippen molar-refractivity contribution in [1.29, 1.82) is 0 Å². The molecule has 2 aromatic carbocycles. The number of hydrogen-bond donors (Lipinski definition) is 3. The van der Waals surface area contributed by atoms with Crippen LogP contribution in [0, 0.1) is 5.82 Å². The van der Waals surface area contributed by atoms with Crippen LogP contribution in [-0.2, 0) is 0 Å². The fraction of sp³-hybridized carbons (Fsp3) is 0.148. The summed E-state index contributed by atoms with van der Waals surface area (Å²) in [5.74, 6) is 0.257. The van der Waals surface area contributed by atoms with Gasteiger partial charge in [-0.25, -0.2) is 19.3 Å². The minimum Gasteiger partial charge on any atom is -0.384 e. The summed E-state index contributed by atoms with van der Waals surface area (Å²) < 4.78 is 14.6. The lowest BCUT2D eigenvalue weighted by Crippen LogP contribution is -2.20. The van der Waals surface area contributed by atoms with Crippen molar-refractivity contribution >= 4 is 27.6 Å². The number of fused-ring (bicyclic) bond motifs is 2. The fourth-order valence-corrected chi connectivity index (χ4v) is 4.33. The normalized spacial score (nSPS) is 11.6. The van der Waals surface area contributed by atoms with E-state index in [9.17, 15) is 4.39 Å². The molecule has 4 heterocycles. The highest BCUT2D eigenvalue weighted by Crippen LogP contribution is 2.33. The third-order valence-electron chi connectivity index (χ3n) is 6.14. The SMILES string of the molecule is CN(C)CCNc1cc(F)cc(-c2nccc3[nH]c(-c4n[nH]c5ccc(-c6cncnc6)cc45)nc23)c1. The molecule has 0 aliphatic heterocycles. The van der Waals surface area contributed by atoms with Crippen LogP contribution >= 0.6 is 0 Å². The summed E-state index contributed by atoms with van der Waals surface area (Å²) >= 11 is 0. The van der Waals surface area contributed by atoms with Gasteiger partial charge in [-0.15, -0.1) is 0 Å². The molecule has 4 aromatic heterocycles. The molecule has 0 saturated carbocycles. The zero-order valence-electron chi connectivity index (χ0n) is 20.3. The average Bonchev–Trinajstić information content (AvgIpc) is 3.52. The predicted molar refractivity (Wildman–Crippen MR) is 142 cm³/mol. The Morgan fingerprint density at radius 2 is 1.78 bits per heavy atom. The van der Waals surface area contributed by atoms with Crippen molar-refractivity contribution < 1.29 is 4.39 Å². The second kappa shape index (κ2) is 9.40. The molecule has 0 spiro atoms. The van der Waals surface area contributed by atoms with Crippen LogP contribution in [0.3, 0.4) is 0 Å². The third-order valence-corrected chi connectivity index (χ3v) is 6.14. The quantitative estimate of drug-likeness (QED) is 0.295. The topological polar surface area (TPSA) is 111 Å². The van der Waals surface area contributed by atoms with Crippen LogP contribution < -0.4 is 5.32 Å². The van der Waals surface area contributed by atoms with Crippen molar-refractivity contribution in [3.63, 3.8) is 0 Å². The van der Waals surface area contributed by atoms with Crippen LogP contribution in [0.4, 0.5) is 10.1 Å². The smallest absolute Gasteiger partial charge is 0.159 e. The lowest BCUT2D eigenvalue weighted by molar-refractivity contribution is 0.425. The number of pyridine rings is 1. The van der Waals surface area contributed by atoms with E-state index in [-0.39, 0.29) is 5.82 Å². The van der Waals surface area contributed by atoms with Crippen LogP contribution in [0.25, 0.3) is 55.8 Å². The van der Waals surface area contributed by atoms with Gasteiger partial charge < -0.3 is 15.2 Å². The Hall–Kier alpha value is -4.70. The van der Waals surface area contributed by atoms with Crippen molar-refractivity contribution in [2.45, 2.75) is 0 Å². The lowest BCUT2D eigenvalue weighted by Gasteiger charge is -2.12. The van der Waals surface area contributed by atoms with Crippen molar-refractivity contribution in [3.05, 3.63) is 73.2 Å². The number of H-pyrrole nitrogens is 2. The third kappa shape index (κ3) is 4.50. The van der Waals surface area contributed by atoms with Gasteiger partial charge in [0.2, 0.25) is 0 Å². The van der Waals surface area contributed by atoms with Gasteiger partial charge in [-0.05, 0) is 56.1 Å². The number of nitrogens with one attached hydrogen (secondary N) is 3. The molecule has 0 saturated heterocycles. The maximum Gasteiger partial charge on any atom is 0.159 e. The maximum absolute atomic E-state index is 14.6. The molecule has 6 aromatic rings. The number of aromatic nitrogens is 7. The Bertz CT molecular complexity index is 1710. The number of hydrogen-bond acceptors (Lipinski definition) is 7. The summed E-state index contributed by atoms with van der Waals surface area (Å²) in [6.45, 7) is 1.53. The van der Waals surface area contributed by atoms with Crippen LogP contribution in [0.5, 0.6) is 0 Å². The van der Waals surface area contributed by atoms with Crippen molar-refractivity contribution in [1.82, 2.24) is 40.0 Å². The molecule has 0 atom stereocenters. The second-order valence-corrected chi connectivity index (χ2v) is 9.06. The zero-order chi connectivity index (χ0) is 25.4. The van der Waals surface area contributed by atoms with Gasteiger partial charge in [0.25, 0.3) is 0 Å². The molecule has 0 aliphatic carbocycles. The number of likely N-dealkylation sites (N-methyl/N-ethyl adjacent to an activating group) is 1. The molecule has 0 radical (unpaired) electrons. The molecule has 6 rings (SSSR count). The number of halogens is 1. The Kier molecular flexibility index (Phi) is 5.78. The summed E-state index contributed by atoms with van der Waals surface area (Å²) in [5, 5.41) is 11.8. The van der Waals surface area contributed by atoms with Crippen LogP contribution in [0.2, 0.25) is 0 Å². The molecule has 3 N–H and O–H groups in total. The first-order valence-corrected chi connectivity index (χ1v) is 11.8. The summed E-state index contributed by atoms with van der Waals surface area (Å²) in [7, 11) is 4.00. The largest absolute Gasteiger partial charge is 0.384 e. The van der Waals surface area contributed by atoms with Gasteiger partial charge in [0.15, 0.2) is 5.82 Å². The Morgan fingerprint density at radius 1 is 0.919 bits per heavy atom. The van der Waals surface area contributed by atoms with E-state index in [1.165, 1.54) is 18.5 Å². The summed E-state index contributed by atoms with van der Waals surface area (Å²) in [6, 6.07) is 12.7. The first-order chi connectivity index (χ1) is 18.0. The molecular formula is C27H24FN9. The summed E-state index contributed by atoms with van der Waals surface area (Å²) in [4.78, 5) is 23.1. The molecule has 0 bridgehead atoms. The average molecular weight is 494 g/mol. The van der Waals surface area contributed by atoms with Gasteiger partial charge >= 0.3 is 0 Å². The van der Waals surface area contributed by atoms with Gasteiger partial charge in [-0.1, -0.05) is 6.07 Å². The van der Waals surface area contributed by atoms with E-state index in [0.29, 0.717) is 40.5 Å². The molecule has 184 valence electrons. The number of anilines is 1. The number of imidazole rings is 1. The van der Waals surface area contributed by atoms with E-state index in [2.05, 4.69) is 40.3 Å². The van der Waals surface area contributed by atoms with Gasteiger partial charge in [-0.2, -0.15) is 5.10 Å². The van der Waals surface area contributed by atoms with E-state index in [1.807, 2.05) is 44.4 Å². The number of aromatic amines is 2. The predicted octanol–water partition coefficient (Wildman–Crippen LogP) is 4.74. The van der Waals surface area contributed by atoms with E-state index in [1.54, 1.807) is 18.6 Å². The zero-order valence-corrected chi connectivity index (χ0v) is 20.3. The van der Waals surface area contributed by atoms with Gasteiger partial charge in [0, 0.05) is 53.9 Å². The first-order valence-electron chi connectivity index (χ1n) is 11.8. The van der Waals surface area contributed by atoms with Crippen molar-refractivity contribution in [2.75, 3.05) is 32.5 Å². The van der Waals surface area contributed by atoms with Crippen molar-refractivity contribution in [3.8, 4) is 33.9 Å². The van der Waals surface area contributed by atoms with Crippen molar-refractivity contribution in [2.24, 2.45) is 0 Å². The number of benzene rings is 2. The van der Waals surface area contributed by atoms with Gasteiger partial charge in [-0.3, -0.25) is 10.1 Å². The number of nitrogens with zero attached hydrogens (tertiary/aromatic N) is 6. The first kappa shape index (κ1) is 22.7. The van der Waals surface area contributed by atoms with E-state index < -0.39 is 0 Å². The monoisotopic (exact) mass is 493 g/mol. The molecule has 0 fully saturated rings. The Balaban J connectivity index is 1.41. The fourth-order valence-electron chi connectivity index (χ4n) is 4.33. The summed E-state index contributed by atoms with van der Waals surface area (Å²) in [6.07, 6.45) is 6.75. The molecule has 0 aliphatic rings. The molecule has 10 heteroatoms. The molecule has 0 amide bonds. The highest BCUT2D eigenvalue weighted by atomic mass is 19.1. The van der Waals surface area contributed by atoms with Gasteiger partial charge in [0.05, 0.1) is 16.7 Å². The van der Waals surface area contributed by atoms with E-state index in [0.717, 1.165) is 34.1 Å². The molecule has 37 heavy (non-hydrogen) atoms. The maximum atomic E-state index is 14.6. The lowest BCUT2D eigenvalue weighted by atomic mass is 10.1. The van der Waals surface area contributed by atoms with Gasteiger partial charge in [0.1, 0.15) is 23.4 Å². The second-order valence-electron chi connectivity index (χ2n) is 9.06. The highest BCUT2D eigenvalue weighted by Gasteiger charge is 2.17. The van der Waals surface area contributed by atoms with Crippen LogP contribution in [0.1, 0.15) is 0 Å². The molecule has 9 nitrogen and oxygen atoms in total. The standard InChI is InChI=1S/C27H24FN9/c1-37(2)8-7-31-20-10-17(9-19(28)12-20)24-26-23(5-6-32-24)33-27(34-26)25-21-11-16(3-4-22(21)35-36-25)18-13-29-15-30-14-18/h3-6,9-15,31H,7-8H2,1-2H3,(H,33,34)(H,35,36). The molecular weight excluding hydrogens is 469 g/mol. The summed E-state index contributed by atoms with van der Waals surface area (Å²) in [5.41, 5.74) is 6.82. The minimum absolute atomic E-state index is 0.338. The Labute approximate surface area is 211 Å². The van der Waals surface area contributed by atoms with Crippen LogP contribution in [0.15, 0.2) is 67.4 Å². The Morgan fingerprint density at radius 3 is 2.62 bits per heavy atom. The highest BCUT2D eigenvalue weighted by molar-refractivity contribution is 5.97. The van der Waals surface area contributed by atoms with E-state index >= 15 is 0 Å². The number of rotatable bonds is 7.